The SMILES string of the molecule is Fc1ccccc1NCc1ccc(CNc2nc#ccn2)cc1. The predicted molar refractivity (Wildman–Crippen MR) is 87.2 cm³/mol. The van der Waals surface area contributed by atoms with Gasteiger partial charge < -0.3 is 10.6 Å². The Hall–Kier alpha value is -3.13. The van der Waals surface area contributed by atoms with E-state index in [4.69, 9.17) is 0 Å². The van der Waals surface area contributed by atoms with E-state index in [1.165, 1.54) is 12.3 Å². The van der Waals surface area contributed by atoms with Crippen molar-refractivity contribution < 1.29 is 4.39 Å². The number of nitrogens with zero attached hydrogens (tertiary/aromatic N) is 2. The molecule has 2 aromatic carbocycles. The maximum absolute atomic E-state index is 13.5. The van der Waals surface area contributed by atoms with Crippen molar-refractivity contribution in [2.45, 2.75) is 13.1 Å². The van der Waals surface area contributed by atoms with Crippen molar-refractivity contribution >= 4 is 11.6 Å². The fraction of sp³-hybridized carbons (Fsp3) is 0.111. The van der Waals surface area contributed by atoms with Crippen LogP contribution in [0.5, 0.6) is 0 Å². The average Bonchev–Trinajstić information content (AvgIpc) is 2.61. The normalized spacial score (nSPS) is 9.96. The van der Waals surface area contributed by atoms with E-state index in [1.54, 1.807) is 18.2 Å². The number of halogens is 1. The number of hydrogen-bond acceptors (Lipinski definition) is 4. The van der Waals surface area contributed by atoms with Gasteiger partial charge in [0, 0.05) is 19.3 Å². The monoisotopic (exact) mass is 306 g/mol. The molecule has 0 radical (unpaired) electrons. The van der Waals surface area contributed by atoms with Gasteiger partial charge in [-0.05, 0) is 29.3 Å². The minimum atomic E-state index is -0.245. The summed E-state index contributed by atoms with van der Waals surface area (Å²) in [6, 6.07) is 17.4. The number of nitrogens with one attached hydrogen (secondary N) is 2. The zero-order valence-electron chi connectivity index (χ0n) is 12.4. The molecule has 114 valence electrons. The van der Waals surface area contributed by atoms with Crippen LogP contribution in [-0.4, -0.2) is 9.97 Å². The molecule has 0 aliphatic rings. The molecule has 0 spiro atoms. The zero-order chi connectivity index (χ0) is 15.9. The molecule has 1 heterocycles. The second-order valence-corrected chi connectivity index (χ2v) is 4.95. The van der Waals surface area contributed by atoms with Crippen molar-refractivity contribution in [3.05, 3.63) is 83.9 Å². The van der Waals surface area contributed by atoms with Crippen LogP contribution in [0.1, 0.15) is 11.1 Å². The minimum Gasteiger partial charge on any atom is -0.379 e. The Balaban J connectivity index is 1.54. The predicted octanol–water partition coefficient (Wildman–Crippen LogP) is 3.44. The van der Waals surface area contributed by atoms with Crippen LogP contribution in [0.3, 0.4) is 0 Å². The zero-order valence-corrected chi connectivity index (χ0v) is 12.4. The van der Waals surface area contributed by atoms with E-state index in [9.17, 15) is 4.39 Å². The van der Waals surface area contributed by atoms with Gasteiger partial charge in [0.15, 0.2) is 0 Å². The van der Waals surface area contributed by atoms with E-state index in [1.807, 2.05) is 24.3 Å². The van der Waals surface area contributed by atoms with Crippen LogP contribution in [-0.2, 0) is 13.1 Å². The molecule has 0 unspecified atom stereocenters. The summed E-state index contributed by atoms with van der Waals surface area (Å²) in [6.45, 7) is 1.19. The first-order chi connectivity index (χ1) is 11.3. The van der Waals surface area contributed by atoms with Crippen molar-refractivity contribution in [1.82, 2.24) is 9.97 Å². The summed E-state index contributed by atoms with van der Waals surface area (Å²) in [5.74, 6) is 0.277. The summed E-state index contributed by atoms with van der Waals surface area (Å²) < 4.78 is 13.5. The number of benzene rings is 2. The van der Waals surface area contributed by atoms with Gasteiger partial charge in [0.2, 0.25) is 5.95 Å². The van der Waals surface area contributed by atoms with E-state index in [-0.39, 0.29) is 5.82 Å². The third kappa shape index (κ3) is 4.17. The molecule has 2 N–H and O–H groups in total. The Morgan fingerprint density at radius 2 is 1.61 bits per heavy atom. The topological polar surface area (TPSA) is 49.8 Å². The largest absolute Gasteiger partial charge is 0.379 e. The van der Waals surface area contributed by atoms with E-state index in [0.717, 1.165) is 11.1 Å². The van der Waals surface area contributed by atoms with E-state index >= 15 is 0 Å². The van der Waals surface area contributed by atoms with E-state index in [2.05, 4.69) is 32.9 Å². The molecule has 0 saturated carbocycles. The molecule has 0 aliphatic heterocycles. The van der Waals surface area contributed by atoms with Crippen LogP contribution in [0, 0.1) is 18.1 Å². The summed E-state index contributed by atoms with van der Waals surface area (Å²) in [7, 11) is 0. The summed E-state index contributed by atoms with van der Waals surface area (Å²) in [6.07, 6.45) is 4.12. The molecule has 3 rings (SSSR count). The Kier molecular flexibility index (Phi) is 4.65. The van der Waals surface area contributed by atoms with Crippen LogP contribution < -0.4 is 10.6 Å². The summed E-state index contributed by atoms with van der Waals surface area (Å²) >= 11 is 0. The van der Waals surface area contributed by atoms with Crippen LogP contribution in [0.4, 0.5) is 16.0 Å². The average molecular weight is 306 g/mol. The summed E-state index contributed by atoms with van der Waals surface area (Å²) in [5.41, 5.74) is 2.69. The highest BCUT2D eigenvalue weighted by molar-refractivity contribution is 5.45. The highest BCUT2D eigenvalue weighted by Gasteiger charge is 2.00. The lowest BCUT2D eigenvalue weighted by Gasteiger charge is -2.08. The summed E-state index contributed by atoms with van der Waals surface area (Å²) in [4.78, 5) is 7.96. The Labute approximate surface area is 134 Å². The minimum absolute atomic E-state index is 0.245. The van der Waals surface area contributed by atoms with Gasteiger partial charge in [0.1, 0.15) is 5.82 Å². The van der Waals surface area contributed by atoms with Crippen LogP contribution in [0.25, 0.3) is 0 Å². The fourth-order valence-corrected chi connectivity index (χ4v) is 2.08. The Morgan fingerprint density at radius 3 is 2.26 bits per heavy atom. The maximum Gasteiger partial charge on any atom is 0.232 e. The van der Waals surface area contributed by atoms with Crippen LogP contribution in [0.15, 0.2) is 54.7 Å². The molecule has 0 atom stereocenters. The maximum atomic E-state index is 13.5. The van der Waals surface area contributed by atoms with Gasteiger partial charge in [-0.3, -0.25) is 0 Å². The van der Waals surface area contributed by atoms with E-state index < -0.39 is 0 Å². The molecule has 1 aromatic heterocycles. The molecule has 0 amide bonds. The Bertz CT molecular complexity index is 744. The number of aromatic nitrogens is 2. The molecule has 5 heteroatoms. The van der Waals surface area contributed by atoms with Crippen molar-refractivity contribution in [2.75, 3.05) is 10.6 Å². The lowest BCUT2D eigenvalue weighted by molar-refractivity contribution is 0.630. The number of anilines is 2. The van der Waals surface area contributed by atoms with Crippen molar-refractivity contribution in [3.8, 4) is 0 Å². The van der Waals surface area contributed by atoms with Crippen LogP contribution in [0.2, 0.25) is 0 Å². The molecule has 0 aliphatic carbocycles. The standard InChI is InChI=1S/C18H15FN4/c19-16-4-1-2-5-17(16)22-12-14-6-8-15(9-7-14)13-23-18-20-10-3-11-21-18/h1-2,4-10,22H,12-13H2,(H,20,21,23). The second-order valence-electron chi connectivity index (χ2n) is 4.95. The molecule has 0 saturated heterocycles. The first-order valence-corrected chi connectivity index (χ1v) is 7.22. The second kappa shape index (κ2) is 7.23. The highest BCUT2D eigenvalue weighted by Crippen LogP contribution is 2.14. The van der Waals surface area contributed by atoms with Gasteiger partial charge in [-0.1, -0.05) is 36.4 Å². The van der Waals surface area contributed by atoms with Crippen molar-refractivity contribution in [3.63, 3.8) is 0 Å². The smallest absolute Gasteiger partial charge is 0.232 e. The molecular formula is C18H15FN4. The third-order valence-corrected chi connectivity index (χ3v) is 3.31. The Morgan fingerprint density at radius 1 is 0.913 bits per heavy atom. The summed E-state index contributed by atoms with van der Waals surface area (Å²) in [5, 5.41) is 6.20. The number of hydrogen-bond donors (Lipinski definition) is 2. The first kappa shape index (κ1) is 14.8. The van der Waals surface area contributed by atoms with Gasteiger partial charge in [-0.2, -0.15) is 4.98 Å². The molecular weight excluding hydrogens is 291 g/mol. The highest BCUT2D eigenvalue weighted by atomic mass is 19.1. The number of para-hydroxylation sites is 1. The first-order valence-electron chi connectivity index (χ1n) is 7.22. The molecule has 0 bridgehead atoms. The fourth-order valence-electron chi connectivity index (χ4n) is 2.08. The lowest BCUT2D eigenvalue weighted by Crippen LogP contribution is -2.04. The molecule has 3 aromatic rings. The van der Waals surface area contributed by atoms with Gasteiger partial charge in [0.25, 0.3) is 0 Å². The van der Waals surface area contributed by atoms with Gasteiger partial charge >= 0.3 is 0 Å². The quantitative estimate of drug-likeness (QED) is 0.732. The van der Waals surface area contributed by atoms with Gasteiger partial charge in [0.05, 0.1) is 11.9 Å². The van der Waals surface area contributed by atoms with E-state index in [0.29, 0.717) is 24.7 Å². The molecule has 4 nitrogen and oxygen atoms in total. The lowest BCUT2D eigenvalue weighted by atomic mass is 10.1. The molecule has 23 heavy (non-hydrogen) atoms. The van der Waals surface area contributed by atoms with Gasteiger partial charge in [-0.25, -0.2) is 9.37 Å². The molecule has 0 fully saturated rings. The van der Waals surface area contributed by atoms with Crippen molar-refractivity contribution in [1.29, 1.82) is 0 Å². The van der Waals surface area contributed by atoms with Gasteiger partial charge in [-0.15, -0.1) is 0 Å². The number of rotatable bonds is 6. The van der Waals surface area contributed by atoms with Crippen LogP contribution >= 0.6 is 0 Å². The third-order valence-electron chi connectivity index (χ3n) is 3.31. The van der Waals surface area contributed by atoms with Crippen molar-refractivity contribution in [2.24, 2.45) is 0 Å².